The quantitative estimate of drug-likeness (QED) is 0.232. The van der Waals surface area contributed by atoms with Crippen molar-refractivity contribution in [3.63, 3.8) is 0 Å². The second-order valence-electron chi connectivity index (χ2n) is 2.61. The number of alkyl halides is 11. The molecule has 0 bridgehead atoms. The normalized spacial score (nSPS) is 17.4. The Balaban J connectivity index is 5.63. The molecule has 0 aliphatic rings. The summed E-state index contributed by atoms with van der Waals surface area (Å²) in [4.78, 5) is -0.122. The lowest BCUT2D eigenvalue weighted by Gasteiger charge is -2.47. The number of hydrogen-bond donors (Lipinski definition) is 0. The summed E-state index contributed by atoms with van der Waals surface area (Å²) in [5.41, 5.74) is 0. The second-order valence-corrected chi connectivity index (χ2v) is 25.2. The van der Waals surface area contributed by atoms with Gasteiger partial charge in [0, 0.05) is 0 Å². The first kappa shape index (κ1) is 21.3. The van der Waals surface area contributed by atoms with Gasteiger partial charge in [0.05, 0.1) is 4.83 Å². The molecule has 1 unspecified atom stereocenters. The minimum absolute atomic E-state index is 0.122. The zero-order valence-corrected chi connectivity index (χ0v) is 24.2. The van der Waals surface area contributed by atoms with Crippen molar-refractivity contribution in [2.75, 3.05) is 0 Å². The first-order valence-corrected chi connectivity index (χ1v) is 12.0. The van der Waals surface area contributed by atoms with Crippen LogP contribution in [-0.4, -0.2) is 15.6 Å². The maximum Gasteiger partial charge on any atom is 0.154 e. The standard InChI is InChI=1S/C5HBr11/c6-1(3(8,9)10)2(7,4(11,12)13)5(14,15)16/h1H. The summed E-state index contributed by atoms with van der Waals surface area (Å²) in [6, 6.07) is 0. The predicted molar refractivity (Wildman–Crippen MR) is 113 cm³/mol. The molecule has 0 spiro atoms. The van der Waals surface area contributed by atoms with E-state index in [1.54, 1.807) is 0 Å². The van der Waals surface area contributed by atoms with E-state index >= 15 is 0 Å². The monoisotopic (exact) mass is 929 g/mol. The molecule has 0 aliphatic carbocycles. The Bertz CT molecular complexity index is 227. The third-order valence-corrected chi connectivity index (χ3v) is 15.3. The molecule has 0 fully saturated rings. The average Bonchev–Trinajstić information content (AvgIpc) is 1.95. The minimum Gasteiger partial charge on any atom is -0.0839 e. The highest BCUT2D eigenvalue weighted by atomic mass is 80.0. The molecule has 98 valence electrons. The largest absolute Gasteiger partial charge is 0.154 e. The Kier molecular flexibility index (Phi) is 9.62. The van der Waals surface area contributed by atoms with Crippen molar-refractivity contribution >= 4 is 175 Å². The van der Waals surface area contributed by atoms with Crippen molar-refractivity contribution < 1.29 is 0 Å². The van der Waals surface area contributed by atoms with Crippen LogP contribution in [0.5, 0.6) is 0 Å². The molecule has 0 radical (unpaired) electrons. The summed E-state index contributed by atoms with van der Waals surface area (Å²) in [6.45, 7) is 0. The smallest absolute Gasteiger partial charge is 0.0839 e. The summed E-state index contributed by atoms with van der Waals surface area (Å²) >= 11 is 39.0. The van der Waals surface area contributed by atoms with Crippen LogP contribution in [0.25, 0.3) is 0 Å². The molecule has 0 saturated heterocycles. The van der Waals surface area contributed by atoms with E-state index in [4.69, 9.17) is 0 Å². The highest BCUT2D eigenvalue weighted by Crippen LogP contribution is 2.67. The van der Waals surface area contributed by atoms with Gasteiger partial charge in [0.2, 0.25) is 0 Å². The number of hydrogen-bond acceptors (Lipinski definition) is 0. The molecule has 0 aromatic heterocycles. The Morgan fingerprint density at radius 2 is 0.812 bits per heavy atom. The number of halogens is 11. The van der Waals surface area contributed by atoms with Gasteiger partial charge in [-0.1, -0.05) is 175 Å². The van der Waals surface area contributed by atoms with Crippen LogP contribution in [0.2, 0.25) is 0 Å². The van der Waals surface area contributed by atoms with Gasteiger partial charge in [0.15, 0.2) is 4.29 Å². The van der Waals surface area contributed by atoms with E-state index in [0.717, 1.165) is 0 Å². The van der Waals surface area contributed by atoms with E-state index in [0.29, 0.717) is 0 Å². The Morgan fingerprint density at radius 3 is 0.875 bits per heavy atom. The highest BCUT2D eigenvalue weighted by molar-refractivity contribution is 9.42. The van der Waals surface area contributed by atoms with Gasteiger partial charge in [-0.15, -0.1) is 0 Å². The van der Waals surface area contributed by atoms with Crippen LogP contribution >= 0.6 is 175 Å². The van der Waals surface area contributed by atoms with Crippen molar-refractivity contribution in [1.29, 1.82) is 0 Å². The molecule has 1 atom stereocenters. The SMILES string of the molecule is BrC(C(Br)(Br)Br)C(Br)(C(Br)(Br)Br)C(Br)(Br)Br. The highest BCUT2D eigenvalue weighted by Gasteiger charge is 2.64. The van der Waals surface area contributed by atoms with Crippen molar-refractivity contribution in [3.05, 3.63) is 0 Å². The Hall–Kier alpha value is 5.28. The minimum atomic E-state index is -0.606. The fourth-order valence-corrected chi connectivity index (χ4v) is 11.1. The molecule has 0 heterocycles. The molecule has 0 aromatic rings. The maximum absolute atomic E-state index is 3.71. The zero-order chi connectivity index (χ0) is 13.6. The van der Waals surface area contributed by atoms with Gasteiger partial charge in [-0.25, -0.2) is 0 Å². The molecule has 0 aliphatic heterocycles. The molecule has 0 rings (SSSR count). The van der Waals surface area contributed by atoms with Gasteiger partial charge in [0.1, 0.15) is 6.47 Å². The molecular weight excluding hydrogens is 939 g/mol. The van der Waals surface area contributed by atoms with Crippen LogP contribution in [0.3, 0.4) is 0 Å². The van der Waals surface area contributed by atoms with Crippen LogP contribution in [0.15, 0.2) is 0 Å². The fraction of sp³-hybridized carbons (Fsp3) is 1.00. The van der Waals surface area contributed by atoms with Gasteiger partial charge in [0.25, 0.3) is 0 Å². The van der Waals surface area contributed by atoms with Gasteiger partial charge < -0.3 is 0 Å². The van der Waals surface area contributed by atoms with Crippen molar-refractivity contribution in [2.45, 2.75) is 15.6 Å². The molecular formula is C5HBr11. The van der Waals surface area contributed by atoms with Crippen molar-refractivity contribution in [2.24, 2.45) is 0 Å². The van der Waals surface area contributed by atoms with Gasteiger partial charge in [-0.3, -0.25) is 0 Å². The molecule has 0 N–H and O–H groups in total. The third-order valence-electron chi connectivity index (χ3n) is 1.46. The Morgan fingerprint density at radius 1 is 0.562 bits per heavy atom. The maximum atomic E-state index is 3.71. The van der Waals surface area contributed by atoms with Crippen LogP contribution < -0.4 is 0 Å². The first-order valence-electron chi connectivity index (χ1n) is 3.19. The van der Waals surface area contributed by atoms with Crippen LogP contribution in [0.4, 0.5) is 0 Å². The van der Waals surface area contributed by atoms with E-state index in [2.05, 4.69) is 175 Å². The van der Waals surface area contributed by atoms with E-state index in [1.807, 2.05) is 0 Å². The fourth-order valence-electron chi connectivity index (χ4n) is 0.674. The van der Waals surface area contributed by atoms with E-state index < -0.39 is 10.8 Å². The van der Waals surface area contributed by atoms with E-state index in [1.165, 1.54) is 0 Å². The van der Waals surface area contributed by atoms with Crippen molar-refractivity contribution in [1.82, 2.24) is 0 Å². The molecule has 0 amide bonds. The van der Waals surface area contributed by atoms with E-state index in [9.17, 15) is 0 Å². The molecule has 0 saturated carbocycles. The summed E-state index contributed by atoms with van der Waals surface area (Å²) in [7, 11) is 0. The summed E-state index contributed by atoms with van der Waals surface area (Å²) in [5.74, 6) is 0. The topological polar surface area (TPSA) is 0 Å². The van der Waals surface area contributed by atoms with Crippen LogP contribution in [0, 0.1) is 0 Å². The molecule has 16 heavy (non-hydrogen) atoms. The van der Waals surface area contributed by atoms with Gasteiger partial charge in [-0.05, 0) is 0 Å². The van der Waals surface area contributed by atoms with Gasteiger partial charge >= 0.3 is 0 Å². The average molecular weight is 940 g/mol. The van der Waals surface area contributed by atoms with E-state index in [-0.39, 0.29) is 4.83 Å². The third kappa shape index (κ3) is 5.18. The predicted octanol–water partition coefficient (Wildman–Crippen LogP) is 8.40. The summed E-state index contributed by atoms with van der Waals surface area (Å²) in [5, 5.41) is 0. The zero-order valence-electron chi connectivity index (χ0n) is 6.73. The molecule has 0 aromatic carbocycles. The van der Waals surface area contributed by atoms with Crippen molar-refractivity contribution in [3.8, 4) is 0 Å². The summed E-state index contributed by atoms with van der Waals surface area (Å²) < 4.78 is -2.32. The summed E-state index contributed by atoms with van der Waals surface area (Å²) in [6.07, 6.45) is 0. The number of rotatable bonds is 1. The second kappa shape index (κ2) is 7.23. The molecule has 0 nitrogen and oxygen atoms in total. The van der Waals surface area contributed by atoms with Gasteiger partial charge in [-0.2, -0.15) is 0 Å². The van der Waals surface area contributed by atoms with Crippen LogP contribution in [0.1, 0.15) is 0 Å². The van der Waals surface area contributed by atoms with Crippen LogP contribution in [-0.2, 0) is 0 Å². The lowest BCUT2D eigenvalue weighted by molar-refractivity contribution is 0.680. The lowest BCUT2D eigenvalue weighted by atomic mass is 10.1. The lowest BCUT2D eigenvalue weighted by Crippen LogP contribution is -2.56. The first-order chi connectivity index (χ1) is 6.65. The Labute approximate surface area is 187 Å². The molecule has 11 heteroatoms.